The second-order valence-electron chi connectivity index (χ2n) is 7.99. The zero-order valence-electron chi connectivity index (χ0n) is 17.6. The number of hydrogen-bond donors (Lipinski definition) is 0. The summed E-state index contributed by atoms with van der Waals surface area (Å²) < 4.78 is 6.50. The monoisotopic (exact) mass is 432 g/mol. The number of piperazine rings is 1. The topological polar surface area (TPSA) is 84.7 Å². The summed E-state index contributed by atoms with van der Waals surface area (Å²) in [6.07, 6.45) is 4.34. The fourth-order valence-corrected chi connectivity index (χ4v) is 5.44. The van der Waals surface area contributed by atoms with E-state index < -0.39 is 0 Å². The minimum absolute atomic E-state index is 0.00247. The van der Waals surface area contributed by atoms with Crippen molar-refractivity contribution in [3.8, 4) is 0 Å². The summed E-state index contributed by atoms with van der Waals surface area (Å²) in [5, 5.41) is 0.603. The summed E-state index contributed by atoms with van der Waals surface area (Å²) in [6, 6.07) is 0. The molecule has 0 atom stereocenters. The molecule has 0 spiro atoms. The smallest absolute Gasteiger partial charge is 0.306 e. The van der Waals surface area contributed by atoms with E-state index in [0.717, 1.165) is 50.2 Å². The van der Waals surface area contributed by atoms with E-state index in [0.29, 0.717) is 47.7 Å². The lowest BCUT2D eigenvalue weighted by Crippen LogP contribution is -2.49. The van der Waals surface area contributed by atoms with Crippen molar-refractivity contribution < 1.29 is 14.3 Å². The van der Waals surface area contributed by atoms with Crippen LogP contribution < -0.4 is 5.56 Å². The Labute approximate surface area is 179 Å². The highest BCUT2D eigenvalue weighted by Gasteiger charge is 2.27. The van der Waals surface area contributed by atoms with Crippen LogP contribution in [0.4, 0.5) is 0 Å². The van der Waals surface area contributed by atoms with Crippen molar-refractivity contribution in [3.63, 3.8) is 0 Å². The molecule has 9 heteroatoms. The van der Waals surface area contributed by atoms with E-state index in [9.17, 15) is 14.4 Å². The molecule has 0 bridgehead atoms. The molecule has 0 aromatic carbocycles. The number of amides is 1. The molecule has 0 saturated carbocycles. The van der Waals surface area contributed by atoms with Gasteiger partial charge in [-0.1, -0.05) is 6.42 Å². The molecule has 0 N–H and O–H groups in total. The van der Waals surface area contributed by atoms with Gasteiger partial charge in [0.15, 0.2) is 0 Å². The Bertz CT molecular complexity index is 1020. The average Bonchev–Trinajstić information content (AvgIpc) is 2.92. The lowest BCUT2D eigenvalue weighted by molar-refractivity contribution is -0.141. The number of rotatable bonds is 4. The van der Waals surface area contributed by atoms with Crippen molar-refractivity contribution in [2.45, 2.75) is 45.6 Å². The van der Waals surface area contributed by atoms with Gasteiger partial charge in [0, 0.05) is 45.7 Å². The van der Waals surface area contributed by atoms with Gasteiger partial charge >= 0.3 is 5.97 Å². The first kappa shape index (κ1) is 21.0. The fraction of sp³-hybridized carbons (Fsp3) is 0.619. The van der Waals surface area contributed by atoms with Crippen LogP contribution in [0.15, 0.2) is 4.79 Å². The van der Waals surface area contributed by atoms with E-state index in [1.807, 2.05) is 16.4 Å². The predicted octanol–water partition coefficient (Wildman–Crippen LogP) is 1.81. The second-order valence-corrected chi connectivity index (χ2v) is 8.99. The standard InChI is InChI=1S/C21H28N4O4S/c1-14-17-19(22-15-6-4-3-5-8-25(15)20(17)27)30-18(14)21(28)24-12-10-23(11-13-24)9-7-16(26)29-2/h3-13H2,1-2H3. The molecule has 0 unspecified atom stereocenters. The van der Waals surface area contributed by atoms with Gasteiger partial charge in [0.1, 0.15) is 10.7 Å². The van der Waals surface area contributed by atoms with Gasteiger partial charge < -0.3 is 9.64 Å². The number of nitrogens with zero attached hydrogens (tertiary/aromatic N) is 4. The van der Waals surface area contributed by atoms with E-state index in [-0.39, 0.29) is 17.4 Å². The summed E-state index contributed by atoms with van der Waals surface area (Å²) in [5.74, 6) is 0.610. The number of carbonyl (C=O) groups excluding carboxylic acids is 2. The number of aryl methyl sites for hydroxylation is 2. The summed E-state index contributed by atoms with van der Waals surface area (Å²) in [6.45, 7) is 5.88. The SMILES string of the molecule is COC(=O)CCN1CCN(C(=O)c2sc3nc4n(c(=O)c3c2C)CCCCC4)CC1. The third-order valence-electron chi connectivity index (χ3n) is 6.13. The highest BCUT2D eigenvalue weighted by Crippen LogP contribution is 2.29. The van der Waals surface area contributed by atoms with Crippen LogP contribution in [0.3, 0.4) is 0 Å². The first-order valence-corrected chi connectivity index (χ1v) is 11.4. The average molecular weight is 433 g/mol. The highest BCUT2D eigenvalue weighted by atomic mass is 32.1. The number of methoxy groups -OCH3 is 1. The normalized spacial score (nSPS) is 17.6. The predicted molar refractivity (Wildman–Crippen MR) is 115 cm³/mol. The van der Waals surface area contributed by atoms with Crippen LogP contribution in [0, 0.1) is 6.92 Å². The first-order chi connectivity index (χ1) is 14.5. The molecule has 0 aliphatic carbocycles. The zero-order chi connectivity index (χ0) is 21.3. The Morgan fingerprint density at radius 3 is 2.60 bits per heavy atom. The highest BCUT2D eigenvalue weighted by molar-refractivity contribution is 7.20. The van der Waals surface area contributed by atoms with Crippen LogP contribution in [-0.4, -0.2) is 71.1 Å². The molecular formula is C21H28N4O4S. The quantitative estimate of drug-likeness (QED) is 0.685. The van der Waals surface area contributed by atoms with Crippen LogP contribution in [0.5, 0.6) is 0 Å². The van der Waals surface area contributed by atoms with Crippen LogP contribution >= 0.6 is 11.3 Å². The van der Waals surface area contributed by atoms with Gasteiger partial charge in [-0.2, -0.15) is 0 Å². The van der Waals surface area contributed by atoms with Gasteiger partial charge in [0.2, 0.25) is 0 Å². The molecule has 0 radical (unpaired) electrons. The van der Waals surface area contributed by atoms with Crippen molar-refractivity contribution in [2.75, 3.05) is 39.8 Å². The Hall–Kier alpha value is -2.26. The summed E-state index contributed by atoms with van der Waals surface area (Å²) >= 11 is 1.35. The first-order valence-electron chi connectivity index (χ1n) is 10.6. The maximum atomic E-state index is 13.2. The number of hydrogen-bond acceptors (Lipinski definition) is 7. The third-order valence-corrected chi connectivity index (χ3v) is 7.30. The van der Waals surface area contributed by atoms with Gasteiger partial charge in [-0.05, 0) is 25.3 Å². The number of ether oxygens (including phenoxy) is 1. The van der Waals surface area contributed by atoms with Crippen molar-refractivity contribution in [1.82, 2.24) is 19.4 Å². The van der Waals surface area contributed by atoms with E-state index in [2.05, 4.69) is 4.90 Å². The summed E-state index contributed by atoms with van der Waals surface area (Å²) in [5.41, 5.74) is 0.752. The third kappa shape index (κ3) is 4.00. The Morgan fingerprint density at radius 1 is 1.10 bits per heavy atom. The number of aromatic nitrogens is 2. The second kappa shape index (κ2) is 8.85. The lowest BCUT2D eigenvalue weighted by atomic mass is 10.2. The van der Waals surface area contributed by atoms with Crippen molar-refractivity contribution in [1.29, 1.82) is 0 Å². The molecular weight excluding hydrogens is 404 g/mol. The molecule has 30 heavy (non-hydrogen) atoms. The Morgan fingerprint density at radius 2 is 1.87 bits per heavy atom. The van der Waals surface area contributed by atoms with Gasteiger partial charge in [-0.15, -0.1) is 11.3 Å². The van der Waals surface area contributed by atoms with Crippen LogP contribution in [-0.2, 0) is 22.5 Å². The molecule has 8 nitrogen and oxygen atoms in total. The number of esters is 1. The lowest BCUT2D eigenvalue weighted by Gasteiger charge is -2.34. The van der Waals surface area contributed by atoms with E-state index in [4.69, 9.17) is 9.72 Å². The maximum Gasteiger partial charge on any atom is 0.306 e. The van der Waals surface area contributed by atoms with Crippen LogP contribution in [0.2, 0.25) is 0 Å². The summed E-state index contributed by atoms with van der Waals surface area (Å²) in [4.78, 5) is 47.7. The molecule has 2 aromatic heterocycles. The minimum atomic E-state index is -0.216. The molecule has 1 amide bonds. The maximum absolute atomic E-state index is 13.2. The zero-order valence-corrected chi connectivity index (χ0v) is 18.4. The molecule has 1 fully saturated rings. The number of fused-ring (bicyclic) bond motifs is 2. The van der Waals surface area contributed by atoms with Crippen molar-refractivity contribution in [2.24, 2.45) is 0 Å². The van der Waals surface area contributed by atoms with Gasteiger partial charge in [0.05, 0.1) is 23.8 Å². The van der Waals surface area contributed by atoms with Gasteiger partial charge in [-0.3, -0.25) is 23.9 Å². The summed E-state index contributed by atoms with van der Waals surface area (Å²) in [7, 11) is 1.39. The molecule has 2 aliphatic heterocycles. The van der Waals surface area contributed by atoms with Crippen molar-refractivity contribution >= 4 is 33.4 Å². The largest absolute Gasteiger partial charge is 0.469 e. The van der Waals surface area contributed by atoms with E-state index in [1.165, 1.54) is 18.4 Å². The van der Waals surface area contributed by atoms with E-state index in [1.54, 1.807) is 0 Å². The number of carbonyl (C=O) groups is 2. The molecule has 162 valence electrons. The molecule has 1 saturated heterocycles. The Balaban J connectivity index is 1.52. The van der Waals surface area contributed by atoms with Gasteiger partial charge in [-0.25, -0.2) is 4.98 Å². The molecule has 2 aliphatic rings. The molecule has 4 heterocycles. The Kier molecular flexibility index (Phi) is 6.19. The van der Waals surface area contributed by atoms with E-state index >= 15 is 0 Å². The van der Waals surface area contributed by atoms with Crippen molar-refractivity contribution in [3.05, 3.63) is 26.6 Å². The fourth-order valence-electron chi connectivity index (χ4n) is 4.28. The molecule has 2 aromatic rings. The van der Waals surface area contributed by atoms with Crippen LogP contribution in [0.1, 0.15) is 46.7 Å². The van der Waals surface area contributed by atoms with Gasteiger partial charge in [0.25, 0.3) is 11.5 Å². The minimum Gasteiger partial charge on any atom is -0.469 e. The number of thiophene rings is 1. The molecule has 4 rings (SSSR count). The van der Waals surface area contributed by atoms with Crippen LogP contribution in [0.25, 0.3) is 10.2 Å².